The van der Waals surface area contributed by atoms with E-state index in [-0.39, 0.29) is 23.1 Å². The highest BCUT2D eigenvalue weighted by Gasteiger charge is 2.35. The van der Waals surface area contributed by atoms with Gasteiger partial charge in [-0.1, -0.05) is 20.8 Å². The summed E-state index contributed by atoms with van der Waals surface area (Å²) in [5.41, 5.74) is -0.180. The molecule has 1 aromatic carbocycles. The topological polar surface area (TPSA) is 40.5 Å². The summed E-state index contributed by atoms with van der Waals surface area (Å²) < 4.78 is 53.4. The third kappa shape index (κ3) is 5.01. The molecular formula is C24H30F3NO3Si. The zero-order valence-corrected chi connectivity index (χ0v) is 20.7. The minimum atomic E-state index is -4.50. The molecule has 0 saturated heterocycles. The maximum absolute atomic E-state index is 13.6. The van der Waals surface area contributed by atoms with E-state index in [9.17, 15) is 18.0 Å². The summed E-state index contributed by atoms with van der Waals surface area (Å²) in [7, 11) is -1.39. The van der Waals surface area contributed by atoms with Gasteiger partial charge in [0, 0.05) is 17.3 Å². The van der Waals surface area contributed by atoms with Crippen molar-refractivity contribution in [2.45, 2.75) is 71.5 Å². The fraction of sp³-hybridized carbons (Fsp3) is 0.458. The van der Waals surface area contributed by atoms with Gasteiger partial charge < -0.3 is 9.16 Å². The van der Waals surface area contributed by atoms with Crippen molar-refractivity contribution in [1.29, 1.82) is 0 Å². The number of fused-ring (bicyclic) bond motifs is 1. The number of nitrogens with zero attached hydrogens (tertiary/aromatic N) is 1. The van der Waals surface area contributed by atoms with Crippen LogP contribution in [0, 0.1) is 0 Å². The Hall–Kier alpha value is -2.32. The number of halogens is 3. The first-order valence-corrected chi connectivity index (χ1v) is 13.4. The molecule has 4 nitrogen and oxygen atoms in total. The van der Waals surface area contributed by atoms with E-state index in [0.29, 0.717) is 17.0 Å². The summed E-state index contributed by atoms with van der Waals surface area (Å²) in [4.78, 5) is 13.6. The molecule has 1 aliphatic rings. The van der Waals surface area contributed by atoms with Crippen LogP contribution in [-0.4, -0.2) is 19.2 Å². The number of alkyl halides is 3. The van der Waals surface area contributed by atoms with Gasteiger partial charge in [0.25, 0.3) is 5.56 Å². The van der Waals surface area contributed by atoms with Crippen molar-refractivity contribution in [3.05, 3.63) is 69.1 Å². The van der Waals surface area contributed by atoms with Gasteiger partial charge in [0.2, 0.25) is 0 Å². The molecule has 0 bridgehead atoms. The Balaban J connectivity index is 2.26. The van der Waals surface area contributed by atoms with Gasteiger partial charge in [0.15, 0.2) is 9.04 Å². The van der Waals surface area contributed by atoms with E-state index in [1.165, 1.54) is 10.6 Å². The molecule has 0 radical (unpaired) electrons. The molecule has 32 heavy (non-hydrogen) atoms. The zero-order chi connectivity index (χ0) is 24.1. The number of benzene rings is 1. The molecule has 3 rings (SSSR count). The van der Waals surface area contributed by atoms with Gasteiger partial charge in [-0.3, -0.25) is 9.36 Å². The minimum absolute atomic E-state index is 0.179. The maximum Gasteiger partial charge on any atom is 0.416 e. The van der Waals surface area contributed by atoms with Crippen molar-refractivity contribution < 1.29 is 22.3 Å². The molecule has 0 atom stereocenters. The second-order valence-corrected chi connectivity index (χ2v) is 12.4. The van der Waals surface area contributed by atoms with Crippen molar-refractivity contribution in [2.24, 2.45) is 0 Å². The van der Waals surface area contributed by atoms with E-state index in [1.807, 2.05) is 39.9 Å². The van der Waals surface area contributed by atoms with Gasteiger partial charge in [0.05, 0.1) is 17.9 Å². The van der Waals surface area contributed by atoms with E-state index in [2.05, 4.69) is 0 Å². The Bertz CT molecular complexity index is 1110. The van der Waals surface area contributed by atoms with E-state index in [0.717, 1.165) is 17.7 Å². The Kier molecular flexibility index (Phi) is 6.25. The molecule has 0 spiro atoms. The van der Waals surface area contributed by atoms with Gasteiger partial charge in [-0.25, -0.2) is 0 Å². The van der Waals surface area contributed by atoms with E-state index in [4.69, 9.17) is 9.16 Å². The molecule has 0 aliphatic carbocycles. The summed E-state index contributed by atoms with van der Waals surface area (Å²) in [5.74, 6) is 0.305. The SMILES string of the molecule is C[SiH](C)OCc1c(C(C)(C)C)ccn(C2=CC(C)(C)Oc3ccc(C(F)(F)F)cc32)c1=O. The monoisotopic (exact) mass is 465 g/mol. The molecule has 0 saturated carbocycles. The highest BCUT2D eigenvalue weighted by Crippen LogP contribution is 2.40. The van der Waals surface area contributed by atoms with Gasteiger partial charge in [-0.2, -0.15) is 13.2 Å². The van der Waals surface area contributed by atoms with Crippen LogP contribution in [0.1, 0.15) is 56.9 Å². The first-order chi connectivity index (χ1) is 14.6. The minimum Gasteiger partial charge on any atom is -0.483 e. The average Bonchev–Trinajstić information content (AvgIpc) is 2.63. The van der Waals surface area contributed by atoms with E-state index in [1.54, 1.807) is 26.1 Å². The summed E-state index contributed by atoms with van der Waals surface area (Å²) in [6.07, 6.45) is -1.18. The van der Waals surface area contributed by atoms with Gasteiger partial charge in [-0.15, -0.1) is 0 Å². The molecule has 1 aliphatic heterocycles. The van der Waals surface area contributed by atoms with Crippen LogP contribution < -0.4 is 10.3 Å². The number of pyridine rings is 1. The van der Waals surface area contributed by atoms with Crippen molar-refractivity contribution in [3.63, 3.8) is 0 Å². The Labute approximate surface area is 188 Å². The predicted octanol–water partition coefficient (Wildman–Crippen LogP) is 5.72. The Morgan fingerprint density at radius 3 is 2.34 bits per heavy atom. The molecule has 0 unspecified atom stereocenters. The third-order valence-electron chi connectivity index (χ3n) is 5.26. The fourth-order valence-electron chi connectivity index (χ4n) is 3.77. The highest BCUT2D eigenvalue weighted by atomic mass is 28.3. The number of hydrogen-bond donors (Lipinski definition) is 0. The normalized spacial score (nSPS) is 15.9. The van der Waals surface area contributed by atoms with E-state index >= 15 is 0 Å². The lowest BCUT2D eigenvalue weighted by molar-refractivity contribution is -0.137. The lowest BCUT2D eigenvalue weighted by Crippen LogP contribution is -2.34. The predicted molar refractivity (Wildman–Crippen MR) is 123 cm³/mol. The number of rotatable bonds is 4. The summed E-state index contributed by atoms with van der Waals surface area (Å²) in [6, 6.07) is 5.21. The first-order valence-electron chi connectivity index (χ1n) is 10.6. The summed E-state index contributed by atoms with van der Waals surface area (Å²) >= 11 is 0. The zero-order valence-electron chi connectivity index (χ0n) is 19.6. The molecule has 8 heteroatoms. The number of aromatic nitrogens is 1. The number of ether oxygens (including phenoxy) is 1. The van der Waals surface area contributed by atoms with Crippen LogP contribution in [0.3, 0.4) is 0 Å². The first kappa shape index (κ1) is 24.3. The molecule has 2 aromatic rings. The maximum atomic E-state index is 13.6. The Morgan fingerprint density at radius 1 is 1.12 bits per heavy atom. The van der Waals surface area contributed by atoms with Crippen LogP contribution in [0.25, 0.3) is 5.70 Å². The Morgan fingerprint density at radius 2 is 1.78 bits per heavy atom. The van der Waals surface area contributed by atoms with Crippen molar-refractivity contribution in [3.8, 4) is 5.75 Å². The standard InChI is InChI=1S/C24H30F3NO3Si/c1-22(2,3)18-10-11-28(21(29)17(18)14-30-32(6)7)19-13-23(4,5)31-20-9-8-15(12-16(19)20)24(25,26)27/h8-13,32H,14H2,1-7H3. The largest absolute Gasteiger partial charge is 0.483 e. The average molecular weight is 466 g/mol. The van der Waals surface area contributed by atoms with Crippen molar-refractivity contribution in [1.82, 2.24) is 4.57 Å². The summed E-state index contributed by atoms with van der Waals surface area (Å²) in [6.45, 7) is 13.9. The lowest BCUT2D eigenvalue weighted by atomic mass is 9.84. The van der Waals surface area contributed by atoms with Crippen LogP contribution in [0.2, 0.25) is 13.1 Å². The van der Waals surface area contributed by atoms with Gasteiger partial charge in [0.1, 0.15) is 11.4 Å². The molecule has 0 fully saturated rings. The highest BCUT2D eigenvalue weighted by molar-refractivity contribution is 6.48. The van der Waals surface area contributed by atoms with Gasteiger partial charge >= 0.3 is 6.18 Å². The molecule has 0 amide bonds. The molecule has 0 N–H and O–H groups in total. The van der Waals surface area contributed by atoms with Crippen LogP contribution in [0.15, 0.2) is 41.3 Å². The second-order valence-electron chi connectivity index (χ2n) is 9.94. The fourth-order valence-corrected chi connectivity index (χ4v) is 4.27. The van der Waals surface area contributed by atoms with E-state index < -0.39 is 26.4 Å². The van der Waals surface area contributed by atoms with Crippen LogP contribution >= 0.6 is 0 Å². The smallest absolute Gasteiger partial charge is 0.416 e. The molecule has 174 valence electrons. The number of hydrogen-bond acceptors (Lipinski definition) is 3. The second kappa shape index (κ2) is 8.23. The van der Waals surface area contributed by atoms with Crippen molar-refractivity contribution in [2.75, 3.05) is 0 Å². The van der Waals surface area contributed by atoms with Crippen LogP contribution in [0.5, 0.6) is 5.75 Å². The van der Waals surface area contributed by atoms with Crippen molar-refractivity contribution >= 4 is 14.7 Å². The van der Waals surface area contributed by atoms with Gasteiger partial charge in [-0.05, 0) is 68.3 Å². The lowest BCUT2D eigenvalue weighted by Gasteiger charge is -2.32. The molecule has 1 aromatic heterocycles. The third-order valence-corrected chi connectivity index (χ3v) is 6.09. The van der Waals surface area contributed by atoms with Crippen LogP contribution in [0.4, 0.5) is 13.2 Å². The quantitative estimate of drug-likeness (QED) is 0.542. The molecule has 2 heterocycles. The van der Waals surface area contributed by atoms with Crippen LogP contribution in [-0.2, 0) is 22.6 Å². The molecular weight excluding hydrogens is 435 g/mol. The summed E-state index contributed by atoms with van der Waals surface area (Å²) in [5, 5.41) is 0.